The molecule has 1 atom stereocenters. The van der Waals surface area contributed by atoms with Crippen LogP contribution in [0, 0.1) is 0 Å². The Labute approximate surface area is 191 Å². The zero-order valence-electron chi connectivity index (χ0n) is 18.4. The maximum atomic E-state index is 13.4. The molecule has 7 nitrogen and oxygen atoms in total. The third-order valence-electron chi connectivity index (χ3n) is 6.13. The predicted octanol–water partition coefficient (Wildman–Crippen LogP) is 3.83. The fourth-order valence-electron chi connectivity index (χ4n) is 4.54. The van der Waals surface area contributed by atoms with E-state index in [9.17, 15) is 14.7 Å². The van der Waals surface area contributed by atoms with E-state index in [0.29, 0.717) is 35.0 Å². The molecule has 0 spiro atoms. The monoisotopic (exact) mass is 456 g/mol. The van der Waals surface area contributed by atoms with Crippen LogP contribution in [0.25, 0.3) is 0 Å². The largest absolute Gasteiger partial charge is 0.503 e. The van der Waals surface area contributed by atoms with Gasteiger partial charge in [-0.2, -0.15) is 0 Å². The maximum absolute atomic E-state index is 13.4. The fraction of sp³-hybridized carbons (Fsp3) is 0.417. The van der Waals surface area contributed by atoms with Crippen molar-refractivity contribution in [2.24, 2.45) is 0 Å². The molecule has 2 aliphatic heterocycles. The first-order chi connectivity index (χ1) is 15.6. The van der Waals surface area contributed by atoms with Gasteiger partial charge in [0, 0.05) is 18.7 Å². The van der Waals surface area contributed by atoms with E-state index in [4.69, 9.17) is 9.47 Å². The number of carbonyl (C=O) groups excluding carboxylic acids is 2. The Bertz CT molecular complexity index is 1010. The van der Waals surface area contributed by atoms with Crippen LogP contribution in [0.5, 0.6) is 11.5 Å². The van der Waals surface area contributed by atoms with Crippen molar-refractivity contribution < 1.29 is 24.2 Å². The molecule has 8 heteroatoms. The summed E-state index contributed by atoms with van der Waals surface area (Å²) in [7, 11) is 3.07. The van der Waals surface area contributed by atoms with Crippen molar-refractivity contribution in [1.29, 1.82) is 0 Å². The molecule has 0 aliphatic carbocycles. The van der Waals surface area contributed by atoms with Gasteiger partial charge in [0.2, 0.25) is 5.78 Å². The quantitative estimate of drug-likeness (QED) is 0.608. The minimum atomic E-state index is -0.757. The van der Waals surface area contributed by atoms with Gasteiger partial charge in [-0.3, -0.25) is 9.59 Å². The number of para-hydroxylation sites is 1. The Morgan fingerprint density at radius 1 is 1.09 bits per heavy atom. The number of aliphatic hydroxyl groups excluding tert-OH is 1. The van der Waals surface area contributed by atoms with E-state index in [1.54, 1.807) is 41.7 Å². The lowest BCUT2D eigenvalue weighted by atomic mass is 9.94. The van der Waals surface area contributed by atoms with Crippen LogP contribution in [0.3, 0.4) is 0 Å². The van der Waals surface area contributed by atoms with Crippen LogP contribution in [-0.2, 0) is 4.79 Å². The zero-order valence-corrected chi connectivity index (χ0v) is 19.2. The number of likely N-dealkylation sites (tertiary alicyclic amines) is 1. The highest BCUT2D eigenvalue weighted by molar-refractivity contribution is 7.12. The van der Waals surface area contributed by atoms with E-state index >= 15 is 0 Å². The molecule has 2 aromatic rings. The van der Waals surface area contributed by atoms with Gasteiger partial charge in [0.15, 0.2) is 17.3 Å². The first kappa shape index (κ1) is 22.4. The molecule has 0 bridgehead atoms. The second kappa shape index (κ2) is 9.75. The molecule has 1 amide bonds. The number of ketones is 1. The third-order valence-corrected chi connectivity index (χ3v) is 7.00. The Balaban J connectivity index is 1.75. The second-order valence-corrected chi connectivity index (χ2v) is 8.90. The SMILES string of the molecule is COc1cccc(C2C(C(=O)c3cccs3)=C(O)C(=O)N2CCN2CCCCC2)c1OC. The molecule has 4 rings (SSSR count). The van der Waals surface area contributed by atoms with Crippen molar-refractivity contribution in [3.63, 3.8) is 0 Å². The summed E-state index contributed by atoms with van der Waals surface area (Å²) in [5.41, 5.74) is 0.699. The summed E-state index contributed by atoms with van der Waals surface area (Å²) in [5.74, 6) is -0.417. The molecule has 3 heterocycles. The highest BCUT2D eigenvalue weighted by Gasteiger charge is 2.45. The summed E-state index contributed by atoms with van der Waals surface area (Å²) >= 11 is 1.28. The van der Waals surface area contributed by atoms with Crippen LogP contribution >= 0.6 is 11.3 Å². The van der Waals surface area contributed by atoms with Crippen molar-refractivity contribution in [3.05, 3.63) is 57.5 Å². The molecule has 1 saturated heterocycles. The average molecular weight is 457 g/mol. The third kappa shape index (κ3) is 4.12. The summed E-state index contributed by atoms with van der Waals surface area (Å²) in [6, 6.07) is 8.10. The number of rotatable bonds is 8. The molecular weight excluding hydrogens is 428 g/mol. The van der Waals surface area contributed by atoms with E-state index in [0.717, 1.165) is 25.9 Å². The van der Waals surface area contributed by atoms with Crippen molar-refractivity contribution in [2.45, 2.75) is 25.3 Å². The number of aliphatic hydroxyl groups is 1. The standard InChI is InChI=1S/C24H28N2O5S/c1-30-17-9-6-8-16(23(17)31-2)20-19(21(27)18-10-7-15-32-18)22(28)24(29)26(20)14-13-25-11-4-3-5-12-25/h6-10,15,20,28H,3-5,11-14H2,1-2H3. The van der Waals surface area contributed by atoms with Crippen LogP contribution in [0.4, 0.5) is 0 Å². The minimum absolute atomic E-state index is 0.0858. The predicted molar refractivity (Wildman–Crippen MR) is 123 cm³/mol. The molecule has 1 fully saturated rings. The zero-order chi connectivity index (χ0) is 22.7. The Morgan fingerprint density at radius 3 is 2.53 bits per heavy atom. The molecule has 0 radical (unpaired) electrons. The van der Waals surface area contributed by atoms with Gasteiger partial charge in [0.1, 0.15) is 0 Å². The number of methoxy groups -OCH3 is 2. The van der Waals surface area contributed by atoms with Crippen LogP contribution in [0.2, 0.25) is 0 Å². The Kier molecular flexibility index (Phi) is 6.81. The fourth-order valence-corrected chi connectivity index (χ4v) is 5.22. The summed E-state index contributed by atoms with van der Waals surface area (Å²) in [5, 5.41) is 12.6. The number of Topliss-reactive ketones (excluding diaryl/α,β-unsaturated/α-hetero) is 1. The van der Waals surface area contributed by atoms with E-state index in [1.807, 2.05) is 6.07 Å². The highest BCUT2D eigenvalue weighted by Crippen LogP contribution is 2.45. The number of benzene rings is 1. The van der Waals surface area contributed by atoms with Crippen LogP contribution in [-0.4, -0.2) is 67.0 Å². The van der Waals surface area contributed by atoms with Crippen molar-refractivity contribution in [3.8, 4) is 11.5 Å². The van der Waals surface area contributed by atoms with Gasteiger partial charge in [0.05, 0.1) is 30.7 Å². The number of hydrogen-bond acceptors (Lipinski definition) is 7. The molecule has 170 valence electrons. The average Bonchev–Trinajstić information content (AvgIpc) is 3.45. The highest BCUT2D eigenvalue weighted by atomic mass is 32.1. The van der Waals surface area contributed by atoms with E-state index in [1.165, 1.54) is 24.9 Å². The van der Waals surface area contributed by atoms with Crippen molar-refractivity contribution in [2.75, 3.05) is 40.4 Å². The van der Waals surface area contributed by atoms with Gasteiger partial charge in [-0.25, -0.2) is 0 Å². The van der Waals surface area contributed by atoms with Gasteiger partial charge in [0.25, 0.3) is 5.91 Å². The van der Waals surface area contributed by atoms with Gasteiger partial charge in [-0.05, 0) is 43.4 Å². The van der Waals surface area contributed by atoms with Gasteiger partial charge in [-0.1, -0.05) is 24.6 Å². The Morgan fingerprint density at radius 2 is 1.88 bits per heavy atom. The molecule has 1 unspecified atom stereocenters. The van der Waals surface area contributed by atoms with Crippen molar-refractivity contribution >= 4 is 23.0 Å². The molecule has 1 aromatic heterocycles. The second-order valence-electron chi connectivity index (χ2n) is 7.95. The van der Waals surface area contributed by atoms with Gasteiger partial charge in [-0.15, -0.1) is 11.3 Å². The van der Waals surface area contributed by atoms with Crippen LogP contribution in [0.1, 0.15) is 40.5 Å². The first-order valence-electron chi connectivity index (χ1n) is 10.8. The molecule has 1 N–H and O–H groups in total. The molecular formula is C24H28N2O5S. The smallest absolute Gasteiger partial charge is 0.290 e. The van der Waals surface area contributed by atoms with E-state index in [-0.39, 0.29) is 11.4 Å². The normalized spacial score (nSPS) is 19.5. The lowest BCUT2D eigenvalue weighted by Crippen LogP contribution is -2.40. The Hall–Kier alpha value is -2.84. The summed E-state index contributed by atoms with van der Waals surface area (Å²) in [4.78, 5) is 31.0. The topological polar surface area (TPSA) is 79.3 Å². The number of ether oxygens (including phenoxy) is 2. The van der Waals surface area contributed by atoms with E-state index < -0.39 is 17.7 Å². The van der Waals surface area contributed by atoms with E-state index in [2.05, 4.69) is 4.90 Å². The van der Waals surface area contributed by atoms with Gasteiger partial charge < -0.3 is 24.4 Å². The van der Waals surface area contributed by atoms with Crippen molar-refractivity contribution in [1.82, 2.24) is 9.80 Å². The minimum Gasteiger partial charge on any atom is -0.503 e. The lowest BCUT2D eigenvalue weighted by molar-refractivity contribution is -0.129. The summed E-state index contributed by atoms with van der Waals surface area (Å²) in [6.07, 6.45) is 3.52. The number of hydrogen-bond donors (Lipinski definition) is 1. The lowest BCUT2D eigenvalue weighted by Gasteiger charge is -2.32. The molecule has 32 heavy (non-hydrogen) atoms. The van der Waals surface area contributed by atoms with Crippen LogP contribution < -0.4 is 9.47 Å². The van der Waals surface area contributed by atoms with Crippen LogP contribution in [0.15, 0.2) is 47.0 Å². The molecule has 1 aromatic carbocycles. The van der Waals surface area contributed by atoms with Gasteiger partial charge >= 0.3 is 0 Å². The maximum Gasteiger partial charge on any atom is 0.290 e. The number of piperidine rings is 1. The number of carbonyl (C=O) groups is 2. The first-order valence-corrected chi connectivity index (χ1v) is 11.7. The summed E-state index contributed by atoms with van der Waals surface area (Å²) < 4.78 is 11.1. The number of nitrogens with zero attached hydrogens (tertiary/aromatic N) is 2. The number of thiophene rings is 1. The molecule has 0 saturated carbocycles. The summed E-state index contributed by atoms with van der Waals surface area (Å²) in [6.45, 7) is 3.07. The molecule has 2 aliphatic rings. The number of amides is 1.